The van der Waals surface area contributed by atoms with Crippen molar-refractivity contribution in [1.29, 1.82) is 0 Å². The lowest BCUT2D eigenvalue weighted by Gasteiger charge is -2.06. The van der Waals surface area contributed by atoms with Gasteiger partial charge in [-0.2, -0.15) is 0 Å². The lowest BCUT2D eigenvalue weighted by molar-refractivity contribution is 0.0174. The van der Waals surface area contributed by atoms with Crippen molar-refractivity contribution in [1.82, 2.24) is 4.90 Å². The summed E-state index contributed by atoms with van der Waals surface area (Å²) in [5, 5.41) is 0. The van der Waals surface area contributed by atoms with E-state index in [1.165, 1.54) is 6.41 Å². The Morgan fingerprint density at radius 2 is 2.22 bits per heavy atom. The summed E-state index contributed by atoms with van der Waals surface area (Å²) in [7, 11) is 0. The van der Waals surface area contributed by atoms with Crippen molar-refractivity contribution in [2.24, 2.45) is 0 Å². The second-order valence-electron chi connectivity index (χ2n) is 2.12. The van der Waals surface area contributed by atoms with E-state index < -0.39 is 12.5 Å². The highest BCUT2D eigenvalue weighted by Crippen LogP contribution is 2.25. The van der Waals surface area contributed by atoms with Gasteiger partial charge in [-0.05, 0) is 0 Å². The number of hydrogen-bond acceptors (Lipinski definition) is 1. The minimum Gasteiger partial charge on any atom is -0.328 e. The van der Waals surface area contributed by atoms with Gasteiger partial charge >= 0.3 is 6.41 Å². The van der Waals surface area contributed by atoms with E-state index in [-0.39, 0.29) is 13.0 Å². The van der Waals surface area contributed by atoms with Crippen LogP contribution in [0.4, 0.5) is 8.78 Å². The van der Waals surface area contributed by atoms with Crippen LogP contribution >= 0.6 is 0 Å². The first kappa shape index (κ1) is 6.45. The van der Waals surface area contributed by atoms with Gasteiger partial charge in [-0.15, -0.1) is 0 Å². The van der Waals surface area contributed by atoms with E-state index in [0.717, 1.165) is 4.90 Å². The zero-order chi connectivity index (χ0) is 6.91. The second kappa shape index (κ2) is 1.93. The van der Waals surface area contributed by atoms with Gasteiger partial charge in [-0.25, -0.2) is 8.78 Å². The smallest absolute Gasteiger partial charge is 0.312 e. The predicted octanol–water partition coefficient (Wildman–Crippen LogP) is 0.395. The Bertz CT molecular complexity index is 126. The molecule has 0 N–H and O–H groups in total. The first-order chi connectivity index (χ1) is 4.14. The van der Waals surface area contributed by atoms with Crippen molar-refractivity contribution in [2.45, 2.75) is 12.3 Å². The molecule has 1 aliphatic heterocycles. The molecule has 0 spiro atoms. The van der Waals surface area contributed by atoms with Gasteiger partial charge in [-0.3, -0.25) is 4.79 Å². The van der Waals surface area contributed by atoms with Crippen LogP contribution in [0.15, 0.2) is 0 Å². The van der Waals surface area contributed by atoms with E-state index in [4.69, 9.17) is 0 Å². The normalized spacial score (nSPS) is 24.4. The maximum atomic E-state index is 12.2. The van der Waals surface area contributed by atoms with Crippen LogP contribution in [0.2, 0.25) is 0 Å². The van der Waals surface area contributed by atoms with Crippen LogP contribution in [0.3, 0.4) is 0 Å². The van der Waals surface area contributed by atoms with Gasteiger partial charge in [-0.1, -0.05) is 0 Å². The lowest BCUT2D eigenvalue weighted by atomic mass is 10.3. The van der Waals surface area contributed by atoms with Crippen LogP contribution < -0.4 is 0 Å². The maximum Gasteiger partial charge on any atom is 0.312 e. The number of nitrogens with zero attached hydrogens (tertiary/aromatic N) is 1. The molecular weight excluding hydrogens is 128 g/mol. The Morgan fingerprint density at radius 1 is 1.56 bits per heavy atom. The van der Waals surface area contributed by atoms with Crippen LogP contribution in [0, 0.1) is 0 Å². The van der Waals surface area contributed by atoms with E-state index in [2.05, 4.69) is 0 Å². The predicted molar refractivity (Wildman–Crippen MR) is 26.8 cm³/mol. The van der Waals surface area contributed by atoms with E-state index in [1.54, 1.807) is 0 Å². The molecule has 0 aromatic carbocycles. The molecule has 2 nitrogen and oxygen atoms in total. The van der Waals surface area contributed by atoms with Crippen LogP contribution in [-0.2, 0) is 4.79 Å². The molecule has 0 atom stereocenters. The number of amides is 1. The Hall–Kier alpha value is -0.670. The fourth-order valence-corrected chi connectivity index (χ4v) is 0.814. The SMILES string of the molecule is O=[C]N1CCC(F)(F)C1. The summed E-state index contributed by atoms with van der Waals surface area (Å²) in [5.74, 6) is -2.67. The molecule has 1 amide bonds. The Kier molecular flexibility index (Phi) is 1.38. The van der Waals surface area contributed by atoms with Gasteiger partial charge in [0.1, 0.15) is 0 Å². The quantitative estimate of drug-likeness (QED) is 0.508. The van der Waals surface area contributed by atoms with Gasteiger partial charge in [0, 0.05) is 13.0 Å². The molecule has 1 fully saturated rings. The van der Waals surface area contributed by atoms with Crippen molar-refractivity contribution in [3.63, 3.8) is 0 Å². The highest BCUT2D eigenvalue weighted by Gasteiger charge is 2.37. The minimum atomic E-state index is -2.67. The summed E-state index contributed by atoms with van der Waals surface area (Å²) >= 11 is 0. The molecule has 9 heavy (non-hydrogen) atoms. The summed E-state index contributed by atoms with van der Waals surface area (Å²) in [6, 6.07) is 0. The Labute approximate surface area is 51.4 Å². The van der Waals surface area contributed by atoms with Crippen molar-refractivity contribution < 1.29 is 13.6 Å². The molecule has 4 heteroatoms. The van der Waals surface area contributed by atoms with Crippen molar-refractivity contribution in [3.05, 3.63) is 0 Å². The summed E-state index contributed by atoms with van der Waals surface area (Å²) in [5.41, 5.74) is 0. The molecule has 1 rings (SSSR count). The van der Waals surface area contributed by atoms with E-state index >= 15 is 0 Å². The molecule has 1 heterocycles. The molecule has 51 valence electrons. The third kappa shape index (κ3) is 1.37. The van der Waals surface area contributed by atoms with E-state index in [1.807, 2.05) is 0 Å². The van der Waals surface area contributed by atoms with Crippen LogP contribution in [0.25, 0.3) is 0 Å². The largest absolute Gasteiger partial charge is 0.328 e. The molecule has 1 saturated heterocycles. The molecule has 0 aromatic rings. The van der Waals surface area contributed by atoms with E-state index in [0.29, 0.717) is 0 Å². The number of halogens is 2. The summed E-state index contributed by atoms with van der Waals surface area (Å²) in [4.78, 5) is 10.7. The third-order valence-electron chi connectivity index (χ3n) is 1.30. The minimum absolute atomic E-state index is 0.135. The van der Waals surface area contributed by atoms with Crippen LogP contribution in [0.5, 0.6) is 0 Å². The summed E-state index contributed by atoms with van der Waals surface area (Å²) < 4.78 is 24.3. The molecule has 1 aliphatic rings. The summed E-state index contributed by atoms with van der Waals surface area (Å²) in [6.07, 6.45) is 1.20. The average molecular weight is 134 g/mol. The zero-order valence-corrected chi connectivity index (χ0v) is 4.73. The van der Waals surface area contributed by atoms with Crippen molar-refractivity contribution in [3.8, 4) is 0 Å². The number of carbonyl (C=O) groups excluding carboxylic acids is 1. The number of rotatable bonds is 1. The van der Waals surface area contributed by atoms with Gasteiger partial charge in [0.05, 0.1) is 6.54 Å². The molecule has 0 bridgehead atoms. The highest BCUT2D eigenvalue weighted by molar-refractivity contribution is 5.48. The van der Waals surface area contributed by atoms with Crippen LogP contribution in [-0.4, -0.2) is 30.3 Å². The molecule has 0 aromatic heterocycles. The van der Waals surface area contributed by atoms with Crippen molar-refractivity contribution >= 4 is 6.41 Å². The fourth-order valence-electron chi connectivity index (χ4n) is 0.814. The van der Waals surface area contributed by atoms with Gasteiger partial charge in [0.15, 0.2) is 0 Å². The molecular formula is C5H6F2NO. The second-order valence-corrected chi connectivity index (χ2v) is 2.12. The average Bonchev–Trinajstić information content (AvgIpc) is 2.10. The molecule has 1 radical (unpaired) electrons. The standard InChI is InChI=1S/C5H6F2NO/c6-5(7)1-2-8(3-5)4-9/h1-3H2. The third-order valence-corrected chi connectivity index (χ3v) is 1.30. The van der Waals surface area contributed by atoms with Gasteiger partial charge in [0.2, 0.25) is 0 Å². The van der Waals surface area contributed by atoms with Gasteiger partial charge < -0.3 is 4.90 Å². The molecule has 0 saturated carbocycles. The summed E-state index contributed by atoms with van der Waals surface area (Å²) in [6.45, 7) is -0.326. The monoisotopic (exact) mass is 134 g/mol. The highest BCUT2D eigenvalue weighted by atomic mass is 19.3. The van der Waals surface area contributed by atoms with E-state index in [9.17, 15) is 13.6 Å². The maximum absolute atomic E-state index is 12.2. The Balaban J connectivity index is 2.47. The first-order valence-electron chi connectivity index (χ1n) is 2.65. The van der Waals surface area contributed by atoms with Crippen molar-refractivity contribution in [2.75, 3.05) is 13.1 Å². The molecule has 0 aliphatic carbocycles. The zero-order valence-electron chi connectivity index (χ0n) is 4.73. The number of likely N-dealkylation sites (tertiary alicyclic amines) is 1. The van der Waals surface area contributed by atoms with Gasteiger partial charge in [0.25, 0.3) is 5.92 Å². The first-order valence-corrected chi connectivity index (χ1v) is 2.65. The lowest BCUT2D eigenvalue weighted by Crippen LogP contribution is -2.23. The topological polar surface area (TPSA) is 20.3 Å². The Morgan fingerprint density at radius 3 is 2.44 bits per heavy atom. The number of hydrogen-bond donors (Lipinski definition) is 0. The molecule has 0 unspecified atom stereocenters. The number of alkyl halides is 2. The fraction of sp³-hybridized carbons (Fsp3) is 0.800. The van der Waals surface area contributed by atoms with Crippen LogP contribution in [0.1, 0.15) is 6.42 Å².